The molecule has 0 radical (unpaired) electrons. The van der Waals surface area contributed by atoms with Crippen LogP contribution in [0.1, 0.15) is 112 Å². The highest BCUT2D eigenvalue weighted by Crippen LogP contribution is 2.48. The van der Waals surface area contributed by atoms with Gasteiger partial charge in [0.1, 0.15) is 22.1 Å². The summed E-state index contributed by atoms with van der Waals surface area (Å²) in [5.41, 5.74) is 20.5. The highest BCUT2D eigenvalue weighted by Gasteiger charge is 2.28. The van der Waals surface area contributed by atoms with Gasteiger partial charge < -0.3 is 4.57 Å². The Bertz CT molecular complexity index is 2920. The molecule has 0 saturated heterocycles. The van der Waals surface area contributed by atoms with Crippen LogP contribution in [0.4, 0.5) is 0 Å². The Balaban J connectivity index is 1.32. The zero-order valence-electron chi connectivity index (χ0n) is 38.0. The van der Waals surface area contributed by atoms with Gasteiger partial charge in [0.25, 0.3) is 0 Å². The summed E-state index contributed by atoms with van der Waals surface area (Å²) in [4.78, 5) is 0. The van der Waals surface area contributed by atoms with Crippen molar-refractivity contribution in [1.82, 2.24) is 22.1 Å². The summed E-state index contributed by atoms with van der Waals surface area (Å²) in [6, 6.07) is 36.8. The Morgan fingerprint density at radius 2 is 0.689 bits per heavy atom. The van der Waals surface area contributed by atoms with E-state index in [2.05, 4.69) is 192 Å². The van der Waals surface area contributed by atoms with E-state index in [0.717, 1.165) is 62.0 Å². The summed E-state index contributed by atoms with van der Waals surface area (Å²) in [7, 11) is 0. The molecule has 0 N–H and O–H groups in total. The van der Waals surface area contributed by atoms with E-state index in [1.54, 1.807) is 0 Å². The van der Waals surface area contributed by atoms with Gasteiger partial charge >= 0.3 is 0 Å². The Labute approximate surface area is 369 Å². The summed E-state index contributed by atoms with van der Waals surface area (Å²) in [5, 5.41) is 2.51. The van der Waals surface area contributed by atoms with E-state index in [9.17, 15) is 0 Å². The maximum absolute atomic E-state index is 5.04. The van der Waals surface area contributed by atoms with Crippen LogP contribution in [0.2, 0.25) is 0 Å². The highest BCUT2D eigenvalue weighted by atomic mass is 32.1. The molecular weight excluding hydrogens is 783 g/mol. The van der Waals surface area contributed by atoms with Crippen molar-refractivity contribution >= 4 is 67.3 Å². The summed E-state index contributed by atoms with van der Waals surface area (Å²) < 4.78 is 22.6. The van der Waals surface area contributed by atoms with Crippen molar-refractivity contribution in [3.8, 4) is 44.5 Å². The summed E-state index contributed by atoms with van der Waals surface area (Å²) in [6.07, 6.45) is 0. The van der Waals surface area contributed by atoms with E-state index >= 15 is 0 Å². The van der Waals surface area contributed by atoms with Crippen LogP contribution in [0.5, 0.6) is 0 Å². The van der Waals surface area contributed by atoms with Crippen molar-refractivity contribution in [3.63, 3.8) is 0 Å². The van der Waals surface area contributed by atoms with Crippen LogP contribution in [0.3, 0.4) is 0 Å². The van der Waals surface area contributed by atoms with Gasteiger partial charge in [0.15, 0.2) is 0 Å². The van der Waals surface area contributed by atoms with Crippen LogP contribution in [0, 0.1) is 0 Å². The maximum atomic E-state index is 5.04. The maximum Gasteiger partial charge on any atom is 0.113 e. The topological polar surface area (TPSA) is 56.5 Å². The Hall–Kier alpha value is -5.24. The fourth-order valence-electron chi connectivity index (χ4n) is 8.90. The van der Waals surface area contributed by atoms with Gasteiger partial charge in [-0.2, -0.15) is 17.5 Å². The molecule has 0 saturated carbocycles. The third-order valence-electron chi connectivity index (χ3n) is 12.6. The summed E-state index contributed by atoms with van der Waals surface area (Å²) in [6.45, 7) is 30.5. The molecule has 6 aromatic carbocycles. The molecule has 61 heavy (non-hydrogen) atoms. The SMILES string of the molecule is CCn1c2c(-c3ccc(-c4ccc(C(C)(C)C)cc4)c4nsnc34)cc(C(C)(C)C)cc2c2cc(C(C)(C)C)cc(-c3ccc(-c4ccc(C(C)(C)C)cc4)c4nsnc34)c21. The molecule has 0 amide bonds. The van der Waals surface area contributed by atoms with Gasteiger partial charge in [0.05, 0.1) is 34.5 Å². The van der Waals surface area contributed by atoms with E-state index in [-0.39, 0.29) is 21.7 Å². The number of hydrogen-bond acceptors (Lipinski definition) is 6. The van der Waals surface area contributed by atoms with Crippen molar-refractivity contribution in [2.75, 3.05) is 0 Å². The first kappa shape index (κ1) is 41.1. The Kier molecular flexibility index (Phi) is 9.72. The van der Waals surface area contributed by atoms with Crippen LogP contribution < -0.4 is 0 Å². The average Bonchev–Trinajstić information content (AvgIpc) is 3.97. The first-order valence-corrected chi connectivity index (χ1v) is 23.1. The smallest absolute Gasteiger partial charge is 0.113 e. The lowest BCUT2D eigenvalue weighted by Gasteiger charge is -2.22. The van der Waals surface area contributed by atoms with Crippen molar-refractivity contribution < 1.29 is 0 Å². The number of nitrogens with zero attached hydrogens (tertiary/aromatic N) is 5. The van der Waals surface area contributed by atoms with Gasteiger partial charge in [-0.1, -0.05) is 156 Å². The summed E-state index contributed by atoms with van der Waals surface area (Å²) in [5.74, 6) is 0. The van der Waals surface area contributed by atoms with Gasteiger partial charge in [0.2, 0.25) is 0 Å². The zero-order valence-corrected chi connectivity index (χ0v) is 39.6. The largest absolute Gasteiger partial charge is 0.340 e. The molecule has 3 heterocycles. The Morgan fingerprint density at radius 1 is 0.377 bits per heavy atom. The van der Waals surface area contributed by atoms with Crippen LogP contribution in [0.15, 0.2) is 97.1 Å². The van der Waals surface area contributed by atoms with Gasteiger partial charge in [-0.3, -0.25) is 0 Å². The number of hydrogen-bond donors (Lipinski definition) is 0. The Morgan fingerprint density at radius 3 is 1.00 bits per heavy atom. The molecule has 7 heteroatoms. The molecule has 0 aliphatic carbocycles. The summed E-state index contributed by atoms with van der Waals surface area (Å²) >= 11 is 2.59. The quantitative estimate of drug-likeness (QED) is 0.173. The van der Waals surface area contributed by atoms with E-state index in [1.165, 1.54) is 78.6 Å². The minimum absolute atomic E-state index is 0.0834. The molecule has 310 valence electrons. The first-order chi connectivity index (χ1) is 28.7. The van der Waals surface area contributed by atoms with Crippen LogP contribution in [-0.4, -0.2) is 22.1 Å². The van der Waals surface area contributed by atoms with Gasteiger partial charge in [-0.15, -0.1) is 0 Å². The fraction of sp³-hybridized carbons (Fsp3) is 0.333. The lowest BCUT2D eigenvalue weighted by Crippen LogP contribution is -2.11. The van der Waals surface area contributed by atoms with Gasteiger partial charge in [-0.25, -0.2) is 0 Å². The second-order valence-electron chi connectivity index (χ2n) is 21.0. The lowest BCUT2D eigenvalue weighted by molar-refractivity contribution is 0.590. The molecule has 0 atom stereocenters. The second kappa shape index (κ2) is 14.4. The van der Waals surface area contributed by atoms with Crippen LogP contribution >= 0.6 is 23.5 Å². The van der Waals surface area contributed by atoms with E-state index in [4.69, 9.17) is 17.5 Å². The number of aromatic nitrogens is 5. The van der Waals surface area contributed by atoms with Gasteiger partial charge in [-0.05, 0) is 86.2 Å². The van der Waals surface area contributed by atoms with E-state index in [0.29, 0.717) is 0 Å². The predicted molar refractivity (Wildman–Crippen MR) is 264 cm³/mol. The number of rotatable bonds is 5. The molecule has 0 bridgehead atoms. The van der Waals surface area contributed by atoms with E-state index in [1.807, 2.05) is 0 Å². The average molecular weight is 840 g/mol. The predicted octanol–water partition coefficient (Wildman–Crippen LogP) is 15.7. The molecule has 9 rings (SSSR count). The molecule has 3 aromatic heterocycles. The van der Waals surface area contributed by atoms with Crippen LogP contribution in [0.25, 0.3) is 88.4 Å². The number of fused-ring (bicyclic) bond motifs is 5. The van der Waals surface area contributed by atoms with Gasteiger partial charge in [0, 0.05) is 50.7 Å². The molecule has 9 aromatic rings. The first-order valence-electron chi connectivity index (χ1n) is 21.6. The van der Waals surface area contributed by atoms with Crippen molar-refractivity contribution in [2.24, 2.45) is 0 Å². The molecule has 5 nitrogen and oxygen atoms in total. The molecule has 0 unspecified atom stereocenters. The lowest BCUT2D eigenvalue weighted by atomic mass is 9.82. The molecule has 0 spiro atoms. The second-order valence-corrected chi connectivity index (χ2v) is 22.0. The molecular formula is C54H57N5S2. The normalized spacial score (nSPS) is 13.1. The minimum Gasteiger partial charge on any atom is -0.340 e. The molecule has 0 fully saturated rings. The van der Waals surface area contributed by atoms with Crippen LogP contribution in [-0.2, 0) is 28.2 Å². The van der Waals surface area contributed by atoms with Crippen molar-refractivity contribution in [2.45, 2.75) is 118 Å². The molecule has 0 aliphatic heterocycles. The number of aryl methyl sites for hydroxylation is 1. The highest BCUT2D eigenvalue weighted by molar-refractivity contribution is 7.00. The fourth-order valence-corrected chi connectivity index (χ4v) is 10.0. The third-order valence-corrected chi connectivity index (χ3v) is 13.7. The van der Waals surface area contributed by atoms with E-state index < -0.39 is 0 Å². The molecule has 0 aliphatic rings. The standard InChI is InChI=1S/C54H57N5S2/c1-14-59-49-41(39-25-23-37(45-47(39)57-60-55-45)31-15-19-33(20-16-31)51(2,3)4)27-35(53(8,9)10)29-43(49)44-30-36(54(11,12)13)28-42(50(44)59)40-26-24-38(46-48(40)58-61-56-46)32-17-21-34(22-18-32)52(5,6)7/h15-30H,14H2,1-13H3. The monoisotopic (exact) mass is 839 g/mol. The third kappa shape index (κ3) is 7.08. The van der Waals surface area contributed by atoms with Crippen molar-refractivity contribution in [3.05, 3.63) is 119 Å². The minimum atomic E-state index is -0.0957. The zero-order chi connectivity index (χ0) is 43.4. The number of benzene rings is 6. The van der Waals surface area contributed by atoms with Crippen molar-refractivity contribution in [1.29, 1.82) is 0 Å².